The molecule has 0 saturated carbocycles. The molecule has 2 unspecified atom stereocenters. The molecule has 0 aliphatic rings. The summed E-state index contributed by atoms with van der Waals surface area (Å²) in [6.45, 7) is -0.546. The van der Waals surface area contributed by atoms with Crippen molar-refractivity contribution in [2.75, 3.05) is 0 Å². The van der Waals surface area contributed by atoms with Gasteiger partial charge < -0.3 is 0 Å². The van der Waals surface area contributed by atoms with Crippen molar-refractivity contribution in [3.05, 3.63) is 6.67 Å². The third-order valence-corrected chi connectivity index (χ3v) is 0.916. The summed E-state index contributed by atoms with van der Waals surface area (Å²) < 4.78 is 58.2. The molecule has 0 aromatic rings. The highest BCUT2D eigenvalue weighted by Gasteiger charge is 2.44. The summed E-state index contributed by atoms with van der Waals surface area (Å²) in [5, 5.41) is 0. The van der Waals surface area contributed by atoms with Crippen molar-refractivity contribution in [1.82, 2.24) is 0 Å². The van der Waals surface area contributed by atoms with Crippen LogP contribution in [0.15, 0.2) is 0 Å². The van der Waals surface area contributed by atoms with Crippen molar-refractivity contribution < 1.29 is 22.0 Å². The molecule has 0 N–H and O–H groups in total. The highest BCUT2D eigenvalue weighted by atomic mass is 19.3. The second kappa shape index (κ2) is 3.16. The number of halogens is 5. The van der Waals surface area contributed by atoms with E-state index >= 15 is 0 Å². The average Bonchev–Trinajstić information content (AvgIpc) is 1.86. The molecule has 0 aliphatic carbocycles. The van der Waals surface area contributed by atoms with E-state index in [0.29, 0.717) is 6.92 Å². The third kappa shape index (κ3) is 2.11. The van der Waals surface area contributed by atoms with Gasteiger partial charge in [0.05, 0.1) is 0 Å². The molecule has 0 aromatic heterocycles. The number of hydrogen-bond donors (Lipinski definition) is 0. The molecule has 0 spiro atoms. The van der Waals surface area contributed by atoms with Gasteiger partial charge in [-0.05, 0) is 6.92 Å². The highest BCUT2D eigenvalue weighted by molar-refractivity contribution is 4.86. The van der Waals surface area contributed by atoms with Gasteiger partial charge in [0.2, 0.25) is 6.67 Å². The number of hydrogen-bond acceptors (Lipinski definition) is 0. The maximum atomic E-state index is 11.9. The molecular formula is C5H6F5. The van der Waals surface area contributed by atoms with Crippen molar-refractivity contribution in [2.24, 2.45) is 0 Å². The third-order valence-electron chi connectivity index (χ3n) is 0.916. The molecule has 0 saturated heterocycles. The number of alkyl halides is 4. The zero-order chi connectivity index (χ0) is 8.36. The smallest absolute Gasteiger partial charge is 0.244 e. The second-order valence-corrected chi connectivity index (χ2v) is 1.86. The SMILES string of the molecule is CC(F)C(F)C(F)(F)[CH]F. The quantitative estimate of drug-likeness (QED) is 0.557. The fourth-order valence-corrected chi connectivity index (χ4v) is 0.366. The normalized spacial score (nSPS) is 18.6. The van der Waals surface area contributed by atoms with E-state index < -0.39 is 24.9 Å². The zero-order valence-electron chi connectivity index (χ0n) is 5.12. The first-order chi connectivity index (χ1) is 4.41. The standard InChI is InChI=1S/C5H6F5/c1-3(7)4(8)5(9,10)2-6/h2-4H,1H3. The molecule has 1 radical (unpaired) electrons. The fraction of sp³-hybridized carbons (Fsp3) is 0.800. The Morgan fingerprint density at radius 3 is 1.80 bits per heavy atom. The summed E-state index contributed by atoms with van der Waals surface area (Å²) in [4.78, 5) is 0. The van der Waals surface area contributed by atoms with Crippen LogP contribution in [0.1, 0.15) is 6.92 Å². The van der Waals surface area contributed by atoms with Crippen molar-refractivity contribution in [3.63, 3.8) is 0 Å². The number of rotatable bonds is 3. The van der Waals surface area contributed by atoms with Crippen LogP contribution in [0.25, 0.3) is 0 Å². The lowest BCUT2D eigenvalue weighted by Crippen LogP contribution is -2.35. The predicted octanol–water partition coefficient (Wildman–Crippen LogP) is 2.45. The van der Waals surface area contributed by atoms with E-state index in [1.807, 2.05) is 0 Å². The summed E-state index contributed by atoms with van der Waals surface area (Å²) in [5.74, 6) is -4.31. The zero-order valence-corrected chi connectivity index (χ0v) is 5.12. The Hall–Kier alpha value is -0.350. The maximum Gasteiger partial charge on any atom is 0.315 e. The Kier molecular flexibility index (Phi) is 3.05. The molecule has 0 rings (SSSR count). The van der Waals surface area contributed by atoms with E-state index in [1.54, 1.807) is 0 Å². The van der Waals surface area contributed by atoms with Crippen LogP contribution in [0.3, 0.4) is 0 Å². The van der Waals surface area contributed by atoms with Gasteiger partial charge in [-0.3, -0.25) is 0 Å². The van der Waals surface area contributed by atoms with Crippen molar-refractivity contribution >= 4 is 0 Å². The molecular weight excluding hydrogens is 155 g/mol. The van der Waals surface area contributed by atoms with Crippen LogP contribution in [0.4, 0.5) is 22.0 Å². The minimum absolute atomic E-state index is 0.599. The van der Waals surface area contributed by atoms with Gasteiger partial charge in [-0.1, -0.05) is 0 Å². The first-order valence-electron chi connectivity index (χ1n) is 2.52. The highest BCUT2D eigenvalue weighted by Crippen LogP contribution is 2.28. The van der Waals surface area contributed by atoms with Crippen LogP contribution in [0.5, 0.6) is 0 Å². The molecule has 0 aromatic carbocycles. The van der Waals surface area contributed by atoms with Gasteiger partial charge in [0.1, 0.15) is 6.17 Å². The molecule has 2 atom stereocenters. The van der Waals surface area contributed by atoms with Gasteiger partial charge in [0.15, 0.2) is 6.17 Å². The van der Waals surface area contributed by atoms with Crippen LogP contribution >= 0.6 is 0 Å². The first kappa shape index (κ1) is 9.65. The molecule has 10 heavy (non-hydrogen) atoms. The Morgan fingerprint density at radius 2 is 1.70 bits per heavy atom. The Bertz CT molecular complexity index is 100. The molecule has 0 fully saturated rings. The van der Waals surface area contributed by atoms with E-state index in [4.69, 9.17) is 0 Å². The lowest BCUT2D eigenvalue weighted by atomic mass is 10.1. The van der Waals surface area contributed by atoms with Crippen LogP contribution in [-0.2, 0) is 0 Å². The average molecular weight is 161 g/mol. The Morgan fingerprint density at radius 1 is 1.30 bits per heavy atom. The van der Waals surface area contributed by atoms with Crippen LogP contribution in [0.2, 0.25) is 0 Å². The van der Waals surface area contributed by atoms with E-state index in [1.165, 1.54) is 0 Å². The van der Waals surface area contributed by atoms with Gasteiger partial charge in [-0.2, -0.15) is 8.78 Å². The molecule has 0 nitrogen and oxygen atoms in total. The van der Waals surface area contributed by atoms with Crippen LogP contribution in [0, 0.1) is 6.67 Å². The minimum atomic E-state index is -4.31. The van der Waals surface area contributed by atoms with Gasteiger partial charge >= 0.3 is 5.92 Å². The van der Waals surface area contributed by atoms with E-state index in [2.05, 4.69) is 0 Å². The summed E-state index contributed by atoms with van der Waals surface area (Å²) in [6.07, 6.45) is -5.47. The summed E-state index contributed by atoms with van der Waals surface area (Å²) in [5.41, 5.74) is 0. The molecule has 0 bridgehead atoms. The lowest BCUT2D eigenvalue weighted by Gasteiger charge is -2.16. The van der Waals surface area contributed by atoms with E-state index in [-0.39, 0.29) is 0 Å². The monoisotopic (exact) mass is 161 g/mol. The van der Waals surface area contributed by atoms with Gasteiger partial charge in [-0.25, -0.2) is 13.2 Å². The largest absolute Gasteiger partial charge is 0.315 e. The summed E-state index contributed by atoms with van der Waals surface area (Å²) >= 11 is 0. The second-order valence-electron chi connectivity index (χ2n) is 1.86. The van der Waals surface area contributed by atoms with Gasteiger partial charge in [0.25, 0.3) is 0 Å². The van der Waals surface area contributed by atoms with Crippen molar-refractivity contribution in [1.29, 1.82) is 0 Å². The maximum absolute atomic E-state index is 11.9. The van der Waals surface area contributed by atoms with Crippen LogP contribution in [-0.4, -0.2) is 18.3 Å². The summed E-state index contributed by atoms with van der Waals surface area (Å²) in [7, 11) is 0. The molecule has 61 valence electrons. The first-order valence-corrected chi connectivity index (χ1v) is 2.52. The summed E-state index contributed by atoms with van der Waals surface area (Å²) in [6, 6.07) is 0. The van der Waals surface area contributed by atoms with Crippen molar-refractivity contribution in [2.45, 2.75) is 25.2 Å². The van der Waals surface area contributed by atoms with Crippen LogP contribution < -0.4 is 0 Å². The Balaban J connectivity index is 4.03. The Labute approximate surface area is 55.0 Å². The van der Waals surface area contributed by atoms with Crippen molar-refractivity contribution in [3.8, 4) is 0 Å². The lowest BCUT2D eigenvalue weighted by molar-refractivity contribution is -0.0846. The van der Waals surface area contributed by atoms with E-state index in [0.717, 1.165) is 0 Å². The molecule has 0 aliphatic heterocycles. The molecule has 0 heterocycles. The minimum Gasteiger partial charge on any atom is -0.244 e. The molecule has 0 amide bonds. The van der Waals surface area contributed by atoms with Gasteiger partial charge in [-0.15, -0.1) is 0 Å². The topological polar surface area (TPSA) is 0 Å². The predicted molar refractivity (Wildman–Crippen MR) is 25.8 cm³/mol. The van der Waals surface area contributed by atoms with E-state index in [9.17, 15) is 22.0 Å². The molecule has 5 heteroatoms. The fourth-order valence-electron chi connectivity index (χ4n) is 0.366. The van der Waals surface area contributed by atoms with Gasteiger partial charge in [0, 0.05) is 0 Å².